The maximum Gasteiger partial charge on any atom is 0.412 e. The first-order chi connectivity index (χ1) is 12.1. The second-order valence-electron chi connectivity index (χ2n) is 6.55. The number of ether oxygens (including phenoxy) is 1. The van der Waals surface area contributed by atoms with Crippen LogP contribution in [0.4, 0.5) is 4.79 Å². The van der Waals surface area contributed by atoms with Crippen LogP contribution >= 0.6 is 0 Å². The predicted octanol–water partition coefficient (Wildman–Crippen LogP) is 1.41. The molecule has 0 aliphatic carbocycles. The van der Waals surface area contributed by atoms with Crippen LogP contribution in [0.2, 0.25) is 0 Å². The minimum absolute atomic E-state index is 0.0507. The monoisotopic (exact) mass is 339 g/mol. The van der Waals surface area contributed by atoms with Crippen molar-refractivity contribution in [2.75, 3.05) is 19.6 Å². The van der Waals surface area contributed by atoms with E-state index in [9.17, 15) is 14.9 Å². The largest absolute Gasteiger partial charge is 0.412 e. The number of nitrogens with zero attached hydrogens (tertiary/aromatic N) is 4. The van der Waals surface area contributed by atoms with Crippen LogP contribution in [-0.4, -0.2) is 46.4 Å². The summed E-state index contributed by atoms with van der Waals surface area (Å²) in [5.74, 6) is -0.388. The van der Waals surface area contributed by atoms with Gasteiger partial charge in [-0.3, -0.25) is 4.68 Å². The third-order valence-corrected chi connectivity index (χ3v) is 5.16. The van der Waals surface area contributed by atoms with Gasteiger partial charge in [-0.2, -0.15) is 10.4 Å². The molecule has 0 radical (unpaired) electrons. The highest BCUT2D eigenvalue weighted by Crippen LogP contribution is 2.37. The van der Waals surface area contributed by atoms with Crippen LogP contribution in [0.25, 0.3) is 10.9 Å². The van der Waals surface area contributed by atoms with Crippen LogP contribution in [0, 0.1) is 17.2 Å². The third-order valence-electron chi connectivity index (χ3n) is 5.16. The number of hydrogen-bond donors (Lipinski definition) is 1. The summed E-state index contributed by atoms with van der Waals surface area (Å²) < 4.78 is 6.34. The Balaban J connectivity index is 1.84. The average molecular weight is 339 g/mol. The molecule has 2 aromatic rings. The van der Waals surface area contributed by atoms with Gasteiger partial charge < -0.3 is 15.4 Å². The number of carbonyl (C=O) groups is 2. The lowest BCUT2D eigenvalue weighted by molar-refractivity contribution is 0.0518. The molecule has 128 valence electrons. The van der Waals surface area contributed by atoms with Crippen molar-refractivity contribution >= 4 is 23.0 Å². The Kier molecular flexibility index (Phi) is 3.66. The molecule has 5 rings (SSSR count). The summed E-state index contributed by atoms with van der Waals surface area (Å²) in [5.41, 5.74) is 6.20. The van der Waals surface area contributed by atoms with Crippen molar-refractivity contribution in [2.24, 2.45) is 11.7 Å². The zero-order valence-electron chi connectivity index (χ0n) is 13.5. The van der Waals surface area contributed by atoms with E-state index in [1.807, 2.05) is 4.68 Å². The second kappa shape index (κ2) is 5.86. The van der Waals surface area contributed by atoms with Gasteiger partial charge in [-0.15, -0.1) is 0 Å². The lowest BCUT2D eigenvalue weighted by atomic mass is 9.84. The van der Waals surface area contributed by atoms with Gasteiger partial charge in [0, 0.05) is 11.9 Å². The smallest absolute Gasteiger partial charge is 0.371 e. The number of nitriles is 1. The number of fused-ring (bicyclic) bond motifs is 4. The SMILES string of the molecule is N#Cc1ccc2c(C(=O)OC(N)=O)nn([C@H]3CN4CCC3CC4)c2c1. The number of esters is 1. The molecule has 4 heterocycles. The fourth-order valence-electron chi connectivity index (χ4n) is 3.96. The first-order valence-corrected chi connectivity index (χ1v) is 8.23. The fraction of sp³-hybridized carbons (Fsp3) is 0.412. The first-order valence-electron chi connectivity index (χ1n) is 8.23. The molecule has 1 atom stereocenters. The zero-order chi connectivity index (χ0) is 17.6. The van der Waals surface area contributed by atoms with E-state index in [-0.39, 0.29) is 11.7 Å². The highest BCUT2D eigenvalue weighted by atomic mass is 16.6. The summed E-state index contributed by atoms with van der Waals surface area (Å²) in [5, 5.41) is 14.2. The second-order valence-corrected chi connectivity index (χ2v) is 6.55. The van der Waals surface area contributed by atoms with E-state index in [4.69, 9.17) is 5.73 Å². The van der Waals surface area contributed by atoms with Crippen molar-refractivity contribution < 1.29 is 14.3 Å². The quantitative estimate of drug-likeness (QED) is 0.653. The Hall–Kier alpha value is -2.92. The van der Waals surface area contributed by atoms with Gasteiger partial charge in [-0.25, -0.2) is 9.59 Å². The molecule has 1 amide bonds. The molecule has 2 bridgehead atoms. The summed E-state index contributed by atoms with van der Waals surface area (Å²) in [6.07, 6.45) is 1.01. The Morgan fingerprint density at radius 3 is 2.68 bits per heavy atom. The molecule has 0 spiro atoms. The number of benzene rings is 1. The van der Waals surface area contributed by atoms with Crippen LogP contribution in [-0.2, 0) is 4.74 Å². The Bertz CT molecular complexity index is 905. The number of nitrogens with two attached hydrogens (primary N) is 1. The van der Waals surface area contributed by atoms with Gasteiger partial charge in [-0.05, 0) is 50.0 Å². The minimum atomic E-state index is -1.16. The van der Waals surface area contributed by atoms with Crippen molar-refractivity contribution in [3.63, 3.8) is 0 Å². The van der Waals surface area contributed by atoms with E-state index >= 15 is 0 Å². The number of aromatic nitrogens is 2. The molecule has 2 N–H and O–H groups in total. The molecule has 3 fully saturated rings. The molecule has 25 heavy (non-hydrogen) atoms. The predicted molar refractivity (Wildman–Crippen MR) is 87.6 cm³/mol. The molecule has 1 aromatic heterocycles. The Morgan fingerprint density at radius 1 is 1.32 bits per heavy atom. The third kappa shape index (κ3) is 2.62. The lowest BCUT2D eigenvalue weighted by Gasteiger charge is -2.44. The van der Waals surface area contributed by atoms with E-state index in [0.29, 0.717) is 22.4 Å². The molecule has 3 aliphatic rings. The van der Waals surface area contributed by atoms with Crippen molar-refractivity contribution in [1.82, 2.24) is 14.7 Å². The zero-order valence-corrected chi connectivity index (χ0v) is 13.5. The van der Waals surface area contributed by atoms with E-state index in [1.165, 1.54) is 0 Å². The molecular weight excluding hydrogens is 322 g/mol. The summed E-state index contributed by atoms with van der Waals surface area (Å²) in [6, 6.07) is 7.25. The van der Waals surface area contributed by atoms with Crippen LogP contribution in [0.15, 0.2) is 18.2 Å². The van der Waals surface area contributed by atoms with Crippen molar-refractivity contribution in [2.45, 2.75) is 18.9 Å². The lowest BCUT2D eigenvalue weighted by Crippen LogP contribution is -2.48. The van der Waals surface area contributed by atoms with Gasteiger partial charge >= 0.3 is 12.1 Å². The van der Waals surface area contributed by atoms with Gasteiger partial charge in [0.05, 0.1) is 23.2 Å². The van der Waals surface area contributed by atoms with Gasteiger partial charge in [-0.1, -0.05) is 0 Å². The molecule has 0 unspecified atom stereocenters. The van der Waals surface area contributed by atoms with Crippen molar-refractivity contribution in [3.8, 4) is 6.07 Å². The van der Waals surface area contributed by atoms with Gasteiger partial charge in [0.15, 0.2) is 5.69 Å². The number of primary amides is 1. The Labute approximate surface area is 143 Å². The van der Waals surface area contributed by atoms with Crippen molar-refractivity contribution in [1.29, 1.82) is 5.26 Å². The van der Waals surface area contributed by atoms with Crippen LogP contribution in [0.5, 0.6) is 0 Å². The van der Waals surface area contributed by atoms with Gasteiger partial charge in [0.2, 0.25) is 0 Å². The molecule has 3 saturated heterocycles. The molecule has 1 aromatic carbocycles. The molecule has 8 heteroatoms. The Morgan fingerprint density at radius 2 is 2.08 bits per heavy atom. The van der Waals surface area contributed by atoms with E-state index in [2.05, 4.69) is 20.8 Å². The summed E-state index contributed by atoms with van der Waals surface area (Å²) in [4.78, 5) is 25.5. The fourth-order valence-corrected chi connectivity index (χ4v) is 3.96. The first kappa shape index (κ1) is 15.6. The number of carbonyl (C=O) groups excluding carboxylic acids is 2. The highest BCUT2D eigenvalue weighted by Gasteiger charge is 2.37. The standard InChI is InChI=1S/C17H17N5O3/c18-8-10-1-2-12-13(7-10)22(20-15(12)16(23)25-17(19)24)14-9-21-5-3-11(14)4-6-21/h1-2,7,11,14H,3-6,9H2,(H2,19,24)/t14-/m0/s1. The molecular formula is C17H17N5O3. The van der Waals surface area contributed by atoms with Crippen molar-refractivity contribution in [3.05, 3.63) is 29.5 Å². The van der Waals surface area contributed by atoms with Gasteiger partial charge in [0.1, 0.15) is 0 Å². The van der Waals surface area contributed by atoms with Gasteiger partial charge in [0.25, 0.3) is 0 Å². The number of amides is 1. The van der Waals surface area contributed by atoms with E-state index < -0.39 is 12.1 Å². The van der Waals surface area contributed by atoms with Crippen LogP contribution in [0.1, 0.15) is 34.9 Å². The number of rotatable bonds is 2. The minimum Gasteiger partial charge on any atom is -0.371 e. The topological polar surface area (TPSA) is 114 Å². The van der Waals surface area contributed by atoms with E-state index in [1.54, 1.807) is 18.2 Å². The molecule has 8 nitrogen and oxygen atoms in total. The summed E-state index contributed by atoms with van der Waals surface area (Å²) >= 11 is 0. The summed E-state index contributed by atoms with van der Waals surface area (Å²) in [6.45, 7) is 3.03. The summed E-state index contributed by atoms with van der Waals surface area (Å²) in [7, 11) is 0. The van der Waals surface area contributed by atoms with Crippen LogP contribution in [0.3, 0.4) is 0 Å². The number of hydrogen-bond acceptors (Lipinski definition) is 6. The maximum absolute atomic E-state index is 12.2. The molecule has 3 aliphatic heterocycles. The molecule has 0 saturated carbocycles. The maximum atomic E-state index is 12.2. The highest BCUT2D eigenvalue weighted by molar-refractivity contribution is 6.05. The average Bonchev–Trinajstić information content (AvgIpc) is 3.00. The number of piperidine rings is 3. The van der Waals surface area contributed by atoms with E-state index in [0.717, 1.165) is 32.5 Å². The van der Waals surface area contributed by atoms with Crippen LogP contribution < -0.4 is 5.73 Å². The normalized spacial score (nSPS) is 24.8.